The number of fused-ring (bicyclic) bond motifs is 2. The van der Waals surface area contributed by atoms with E-state index in [1.54, 1.807) is 18.6 Å². The van der Waals surface area contributed by atoms with E-state index in [0.717, 1.165) is 78.4 Å². The molecule has 0 aliphatic carbocycles. The van der Waals surface area contributed by atoms with Crippen LogP contribution in [0.5, 0.6) is 0 Å². The molecule has 1 saturated heterocycles. The Balaban J connectivity index is 1.31. The first-order valence-electron chi connectivity index (χ1n) is 13.4. The fourth-order valence-electron chi connectivity index (χ4n) is 4.97. The highest BCUT2D eigenvalue weighted by Crippen LogP contribution is 2.30. The third-order valence-electron chi connectivity index (χ3n) is 7.18. The van der Waals surface area contributed by atoms with Gasteiger partial charge in [0.25, 0.3) is 0 Å². The molecular formula is C28H32N10O. The first-order valence-corrected chi connectivity index (χ1v) is 13.4. The molecular weight excluding hydrogens is 492 g/mol. The number of likely N-dealkylation sites (N-methyl/N-ethyl adjacent to an activating group) is 1. The summed E-state index contributed by atoms with van der Waals surface area (Å²) in [5.41, 5.74) is 6.66. The zero-order chi connectivity index (χ0) is 26.8. The molecule has 2 aliphatic heterocycles. The average Bonchev–Trinajstić information content (AvgIpc) is 3.40. The Morgan fingerprint density at radius 1 is 1.08 bits per heavy atom. The molecule has 0 radical (unpaired) electrons. The molecule has 4 aromatic heterocycles. The highest BCUT2D eigenvalue weighted by atomic mass is 16.1. The predicted molar refractivity (Wildman–Crippen MR) is 153 cm³/mol. The number of nitrogens with one attached hydrogen (secondary N) is 3. The Bertz CT molecular complexity index is 1540. The molecule has 200 valence electrons. The minimum atomic E-state index is -0.00702. The number of hydrogen-bond acceptors (Lipinski definition) is 9. The Hall–Kier alpha value is -4.38. The van der Waals surface area contributed by atoms with Gasteiger partial charge in [-0.05, 0) is 31.7 Å². The number of H-pyrrole nitrogens is 1. The molecule has 0 spiro atoms. The highest BCUT2D eigenvalue weighted by molar-refractivity contribution is 6.16. The van der Waals surface area contributed by atoms with E-state index in [1.165, 1.54) is 0 Å². The molecule has 11 heteroatoms. The summed E-state index contributed by atoms with van der Waals surface area (Å²) in [5, 5.41) is 6.20. The summed E-state index contributed by atoms with van der Waals surface area (Å²) in [7, 11) is 2.15. The summed E-state index contributed by atoms with van der Waals surface area (Å²) in [6.45, 7) is 6.42. The van der Waals surface area contributed by atoms with Crippen molar-refractivity contribution in [2.24, 2.45) is 4.99 Å². The Labute approximate surface area is 226 Å². The van der Waals surface area contributed by atoms with Crippen molar-refractivity contribution in [1.82, 2.24) is 29.8 Å². The summed E-state index contributed by atoms with van der Waals surface area (Å²) < 4.78 is 0. The van der Waals surface area contributed by atoms with Gasteiger partial charge in [0.1, 0.15) is 23.7 Å². The number of amides is 1. The molecule has 0 bridgehead atoms. The number of aliphatic imine (C=N–C) groups is 1. The largest absolute Gasteiger partial charge is 0.367 e. The summed E-state index contributed by atoms with van der Waals surface area (Å²) >= 11 is 0. The van der Waals surface area contributed by atoms with E-state index in [9.17, 15) is 4.79 Å². The molecule has 0 unspecified atom stereocenters. The van der Waals surface area contributed by atoms with Gasteiger partial charge in [-0.2, -0.15) is 0 Å². The first-order chi connectivity index (χ1) is 19.1. The van der Waals surface area contributed by atoms with E-state index in [1.807, 2.05) is 18.3 Å². The lowest BCUT2D eigenvalue weighted by molar-refractivity contribution is -0.116. The Kier molecular flexibility index (Phi) is 6.89. The van der Waals surface area contributed by atoms with Crippen LogP contribution in [0.25, 0.3) is 22.3 Å². The van der Waals surface area contributed by atoms with Gasteiger partial charge >= 0.3 is 0 Å². The van der Waals surface area contributed by atoms with Crippen LogP contribution in [0.15, 0.2) is 48.0 Å². The van der Waals surface area contributed by atoms with Crippen LogP contribution in [0.1, 0.15) is 37.6 Å². The van der Waals surface area contributed by atoms with Crippen LogP contribution in [0.2, 0.25) is 0 Å². The maximum absolute atomic E-state index is 12.2. The third-order valence-corrected chi connectivity index (χ3v) is 7.18. The quantitative estimate of drug-likeness (QED) is 0.335. The number of anilines is 3. The first kappa shape index (κ1) is 24.9. The number of piperazine rings is 1. The predicted octanol–water partition coefficient (Wildman–Crippen LogP) is 3.52. The lowest BCUT2D eigenvalue weighted by Gasteiger charge is -2.34. The van der Waals surface area contributed by atoms with E-state index in [4.69, 9.17) is 9.98 Å². The minimum Gasteiger partial charge on any atom is -0.367 e. The molecule has 3 N–H and O–H groups in total. The van der Waals surface area contributed by atoms with Gasteiger partial charge in [-0.25, -0.2) is 15.0 Å². The van der Waals surface area contributed by atoms with Crippen molar-refractivity contribution >= 4 is 40.0 Å². The molecule has 1 fully saturated rings. The molecule has 2 aliphatic rings. The summed E-state index contributed by atoms with van der Waals surface area (Å²) in [4.78, 5) is 43.6. The highest BCUT2D eigenvalue weighted by Gasteiger charge is 2.23. The molecule has 39 heavy (non-hydrogen) atoms. The Morgan fingerprint density at radius 3 is 2.77 bits per heavy atom. The van der Waals surface area contributed by atoms with Crippen molar-refractivity contribution in [2.75, 3.05) is 55.4 Å². The van der Waals surface area contributed by atoms with Crippen molar-refractivity contribution in [3.05, 3.63) is 54.4 Å². The van der Waals surface area contributed by atoms with Gasteiger partial charge < -0.3 is 25.4 Å². The van der Waals surface area contributed by atoms with E-state index in [-0.39, 0.29) is 5.91 Å². The van der Waals surface area contributed by atoms with Crippen LogP contribution in [-0.2, 0) is 4.79 Å². The van der Waals surface area contributed by atoms with Gasteiger partial charge in [-0.1, -0.05) is 13.3 Å². The zero-order valence-corrected chi connectivity index (χ0v) is 22.2. The molecule has 6 heterocycles. The molecule has 11 nitrogen and oxygen atoms in total. The van der Waals surface area contributed by atoms with E-state index in [2.05, 4.69) is 60.4 Å². The number of imidazole rings is 1. The number of aromatic amines is 1. The molecule has 0 saturated carbocycles. The number of rotatable bonds is 7. The molecule has 0 atom stereocenters. The molecule has 0 aromatic carbocycles. The topological polar surface area (TPSA) is 127 Å². The SMILES string of the molecule is CCCCC(=O)Nc1cncc(-c2cnc3c(c2)C(c2nc4nccc(N5CCN(C)CC5)c4[nH]2)=NCN3)c1. The van der Waals surface area contributed by atoms with Crippen molar-refractivity contribution in [3.8, 4) is 11.1 Å². The van der Waals surface area contributed by atoms with E-state index >= 15 is 0 Å². The summed E-state index contributed by atoms with van der Waals surface area (Å²) in [6.07, 6.45) is 9.38. The van der Waals surface area contributed by atoms with Gasteiger partial charge in [0.15, 0.2) is 11.5 Å². The van der Waals surface area contributed by atoms with Crippen molar-refractivity contribution in [3.63, 3.8) is 0 Å². The van der Waals surface area contributed by atoms with Gasteiger partial charge in [-0.3, -0.25) is 14.8 Å². The average molecular weight is 525 g/mol. The number of aromatic nitrogens is 5. The van der Waals surface area contributed by atoms with Crippen LogP contribution in [-0.4, -0.2) is 81.3 Å². The van der Waals surface area contributed by atoms with Gasteiger partial charge in [0, 0.05) is 67.9 Å². The monoisotopic (exact) mass is 524 g/mol. The van der Waals surface area contributed by atoms with E-state index < -0.39 is 0 Å². The van der Waals surface area contributed by atoms with Crippen molar-refractivity contribution in [1.29, 1.82) is 0 Å². The number of hydrogen-bond donors (Lipinski definition) is 3. The van der Waals surface area contributed by atoms with Crippen LogP contribution in [0, 0.1) is 0 Å². The number of nitrogens with zero attached hydrogens (tertiary/aromatic N) is 7. The molecule has 4 aromatic rings. The minimum absolute atomic E-state index is 0.00702. The maximum atomic E-state index is 12.2. The summed E-state index contributed by atoms with van der Waals surface area (Å²) in [6, 6.07) is 6.00. The number of carbonyl (C=O) groups is 1. The second-order valence-electron chi connectivity index (χ2n) is 9.98. The fourth-order valence-corrected chi connectivity index (χ4v) is 4.97. The smallest absolute Gasteiger partial charge is 0.224 e. The van der Waals surface area contributed by atoms with Gasteiger partial charge in [0.05, 0.1) is 17.6 Å². The molecule has 6 rings (SSSR count). The standard InChI is InChI=1S/C28H32N10O/c1-3-4-5-23(39)34-20-12-18(14-29-16-20)19-13-21-24(32-17-33-26(21)31-15-19)28-35-25-22(6-7-30-27(25)36-28)38-10-8-37(2)9-11-38/h6-7,12-16H,3-5,8-11,17H2,1-2H3,(H,31,33)(H,34,39)(H,30,35,36). The third kappa shape index (κ3) is 5.17. The zero-order valence-electron chi connectivity index (χ0n) is 22.2. The second kappa shape index (κ2) is 10.8. The van der Waals surface area contributed by atoms with Crippen molar-refractivity contribution in [2.45, 2.75) is 26.2 Å². The van der Waals surface area contributed by atoms with Crippen LogP contribution >= 0.6 is 0 Å². The fraction of sp³-hybridized carbons (Fsp3) is 0.357. The maximum Gasteiger partial charge on any atom is 0.224 e. The number of carbonyl (C=O) groups excluding carboxylic acids is 1. The van der Waals surface area contributed by atoms with Crippen LogP contribution in [0.4, 0.5) is 17.2 Å². The van der Waals surface area contributed by atoms with Gasteiger partial charge in [0.2, 0.25) is 5.91 Å². The summed E-state index contributed by atoms with van der Waals surface area (Å²) in [5.74, 6) is 1.40. The number of pyridine rings is 3. The Morgan fingerprint density at radius 2 is 1.92 bits per heavy atom. The second-order valence-corrected chi connectivity index (χ2v) is 9.98. The lowest BCUT2D eigenvalue weighted by Crippen LogP contribution is -2.44. The van der Waals surface area contributed by atoms with E-state index in [0.29, 0.717) is 30.2 Å². The van der Waals surface area contributed by atoms with Crippen LogP contribution < -0.4 is 15.5 Å². The number of unbranched alkanes of at least 4 members (excludes halogenated alkanes) is 1. The lowest BCUT2D eigenvalue weighted by atomic mass is 10.0. The van der Waals surface area contributed by atoms with Crippen LogP contribution in [0.3, 0.4) is 0 Å². The van der Waals surface area contributed by atoms with Gasteiger partial charge in [-0.15, -0.1) is 0 Å². The normalized spacial score (nSPS) is 15.5. The molecule has 1 amide bonds. The van der Waals surface area contributed by atoms with Crippen molar-refractivity contribution < 1.29 is 4.79 Å².